The van der Waals surface area contributed by atoms with Crippen LogP contribution in [0.4, 0.5) is 0 Å². The Morgan fingerprint density at radius 2 is 2.06 bits per heavy atom. The van der Waals surface area contributed by atoms with Crippen LogP contribution in [-0.4, -0.2) is 31.6 Å². The van der Waals surface area contributed by atoms with E-state index in [1.807, 2.05) is 19.1 Å². The van der Waals surface area contributed by atoms with Gasteiger partial charge in [-0.2, -0.15) is 0 Å². The van der Waals surface area contributed by atoms with E-state index in [1.54, 1.807) is 13.0 Å². The summed E-state index contributed by atoms with van der Waals surface area (Å²) in [4.78, 5) is 0. The molecule has 0 heterocycles. The Kier molecular flexibility index (Phi) is 5.62. The third-order valence-corrected chi connectivity index (χ3v) is 4.54. The number of hydrogen-bond acceptors (Lipinski definition) is 4. The average Bonchev–Trinajstić information content (AvgIpc) is 2.36. The Morgan fingerprint density at radius 3 is 2.67 bits per heavy atom. The average molecular weight is 272 g/mol. The molecule has 1 rings (SSSR count). The van der Waals surface area contributed by atoms with Crippen molar-refractivity contribution in [2.45, 2.75) is 26.9 Å². The topological polar surface area (TPSA) is 63.6 Å². The first-order valence-corrected chi connectivity index (χ1v) is 7.85. The fourth-order valence-electron chi connectivity index (χ4n) is 1.64. The second-order valence-corrected chi connectivity index (χ2v) is 6.63. The highest BCUT2D eigenvalue weighted by molar-refractivity contribution is 7.91. The molecule has 4 nitrogen and oxygen atoms in total. The number of aryl methyl sites for hydroxylation is 1. The van der Waals surface area contributed by atoms with Crippen molar-refractivity contribution in [3.63, 3.8) is 0 Å². The highest BCUT2D eigenvalue weighted by Crippen LogP contribution is 2.23. The van der Waals surface area contributed by atoms with E-state index in [4.69, 9.17) is 4.74 Å². The molecule has 0 fully saturated rings. The maximum Gasteiger partial charge on any atom is 0.150 e. The van der Waals surface area contributed by atoms with E-state index in [9.17, 15) is 13.5 Å². The number of sulfone groups is 1. The molecule has 0 aromatic heterocycles. The molecule has 1 aromatic rings. The van der Waals surface area contributed by atoms with Gasteiger partial charge in [-0.15, -0.1) is 0 Å². The highest BCUT2D eigenvalue weighted by atomic mass is 32.2. The predicted octanol–water partition coefficient (Wildman–Crippen LogP) is 1.69. The summed E-state index contributed by atoms with van der Waals surface area (Å²) in [5.41, 5.74) is 1.67. The van der Waals surface area contributed by atoms with Crippen molar-refractivity contribution in [2.75, 3.05) is 18.1 Å². The third kappa shape index (κ3) is 4.31. The SMILES string of the molecule is CCS(=O)(=O)CCCOc1c(C)cccc1CO. The second kappa shape index (κ2) is 6.75. The smallest absolute Gasteiger partial charge is 0.150 e. The first kappa shape index (κ1) is 15.0. The maximum absolute atomic E-state index is 11.3. The molecule has 0 amide bonds. The van der Waals surface area contributed by atoms with Gasteiger partial charge in [-0.05, 0) is 18.9 Å². The molecule has 0 saturated carbocycles. The van der Waals surface area contributed by atoms with Crippen LogP contribution in [0.1, 0.15) is 24.5 Å². The third-order valence-electron chi connectivity index (χ3n) is 2.75. The number of ether oxygens (including phenoxy) is 1. The molecule has 5 heteroatoms. The maximum atomic E-state index is 11.3. The molecule has 0 aliphatic rings. The van der Waals surface area contributed by atoms with Crippen molar-refractivity contribution in [3.8, 4) is 5.75 Å². The molecule has 0 atom stereocenters. The quantitative estimate of drug-likeness (QED) is 0.767. The Morgan fingerprint density at radius 1 is 1.33 bits per heavy atom. The van der Waals surface area contributed by atoms with Crippen molar-refractivity contribution in [2.24, 2.45) is 0 Å². The molecular formula is C13H20O4S. The molecule has 0 aliphatic heterocycles. The summed E-state index contributed by atoms with van der Waals surface area (Å²) >= 11 is 0. The number of benzene rings is 1. The minimum atomic E-state index is -2.93. The van der Waals surface area contributed by atoms with Crippen LogP contribution < -0.4 is 4.74 Å². The summed E-state index contributed by atoms with van der Waals surface area (Å²) < 4.78 is 28.2. The van der Waals surface area contributed by atoms with Crippen LogP contribution in [0.5, 0.6) is 5.75 Å². The largest absolute Gasteiger partial charge is 0.493 e. The lowest BCUT2D eigenvalue weighted by Crippen LogP contribution is -2.12. The zero-order valence-corrected chi connectivity index (χ0v) is 11.7. The molecule has 18 heavy (non-hydrogen) atoms. The van der Waals surface area contributed by atoms with Gasteiger partial charge in [0.25, 0.3) is 0 Å². The lowest BCUT2D eigenvalue weighted by molar-refractivity contribution is 0.262. The lowest BCUT2D eigenvalue weighted by Gasteiger charge is -2.12. The fourth-order valence-corrected chi connectivity index (χ4v) is 2.49. The number of aliphatic hydroxyl groups is 1. The van der Waals surface area contributed by atoms with Crippen LogP contribution in [0.25, 0.3) is 0 Å². The molecule has 1 aromatic carbocycles. The molecule has 102 valence electrons. The zero-order valence-electron chi connectivity index (χ0n) is 10.8. The van der Waals surface area contributed by atoms with Crippen molar-refractivity contribution in [1.82, 2.24) is 0 Å². The van der Waals surface area contributed by atoms with Crippen LogP contribution in [0, 0.1) is 6.92 Å². The van der Waals surface area contributed by atoms with Crippen molar-refractivity contribution < 1.29 is 18.3 Å². The standard InChI is InChI=1S/C13H20O4S/c1-3-18(15,16)9-5-8-17-13-11(2)6-4-7-12(13)10-14/h4,6-7,14H,3,5,8-10H2,1-2H3. The molecule has 0 saturated heterocycles. The first-order valence-electron chi connectivity index (χ1n) is 6.02. The van der Waals surface area contributed by atoms with Crippen LogP contribution in [0.2, 0.25) is 0 Å². The number of hydrogen-bond donors (Lipinski definition) is 1. The molecule has 0 spiro atoms. The molecule has 0 bridgehead atoms. The van der Waals surface area contributed by atoms with E-state index in [-0.39, 0.29) is 18.1 Å². The predicted molar refractivity (Wildman–Crippen MR) is 71.5 cm³/mol. The first-order chi connectivity index (χ1) is 8.50. The minimum Gasteiger partial charge on any atom is -0.493 e. The van der Waals surface area contributed by atoms with Crippen LogP contribution in [-0.2, 0) is 16.4 Å². The van der Waals surface area contributed by atoms with Crippen molar-refractivity contribution in [3.05, 3.63) is 29.3 Å². The molecule has 0 aliphatic carbocycles. The number of para-hydroxylation sites is 1. The van der Waals surface area contributed by atoms with Gasteiger partial charge in [-0.3, -0.25) is 0 Å². The van der Waals surface area contributed by atoms with E-state index < -0.39 is 9.84 Å². The van der Waals surface area contributed by atoms with E-state index in [1.165, 1.54) is 0 Å². The number of aliphatic hydroxyl groups excluding tert-OH is 1. The van der Waals surface area contributed by atoms with Gasteiger partial charge in [0.05, 0.1) is 19.0 Å². The van der Waals surface area contributed by atoms with Gasteiger partial charge < -0.3 is 9.84 Å². The van der Waals surface area contributed by atoms with Gasteiger partial charge in [0.1, 0.15) is 15.6 Å². The Labute approximate surface area is 109 Å². The zero-order chi connectivity index (χ0) is 13.6. The van der Waals surface area contributed by atoms with Gasteiger partial charge in [0.15, 0.2) is 0 Å². The molecular weight excluding hydrogens is 252 g/mol. The summed E-state index contributed by atoms with van der Waals surface area (Å²) in [5, 5.41) is 9.19. The van der Waals surface area contributed by atoms with Gasteiger partial charge in [0.2, 0.25) is 0 Å². The summed E-state index contributed by atoms with van der Waals surface area (Å²) in [6.45, 7) is 3.81. The van der Waals surface area contributed by atoms with Crippen molar-refractivity contribution in [1.29, 1.82) is 0 Å². The Balaban J connectivity index is 2.54. The van der Waals surface area contributed by atoms with E-state index in [0.29, 0.717) is 18.8 Å². The van der Waals surface area contributed by atoms with Crippen LogP contribution in [0.3, 0.4) is 0 Å². The molecule has 0 unspecified atom stereocenters. The van der Waals surface area contributed by atoms with Gasteiger partial charge in [-0.25, -0.2) is 8.42 Å². The van der Waals surface area contributed by atoms with Gasteiger partial charge >= 0.3 is 0 Å². The molecule has 1 N–H and O–H groups in total. The lowest BCUT2D eigenvalue weighted by atomic mass is 10.1. The minimum absolute atomic E-state index is 0.0791. The fraction of sp³-hybridized carbons (Fsp3) is 0.538. The van der Waals surface area contributed by atoms with Crippen LogP contribution >= 0.6 is 0 Å². The van der Waals surface area contributed by atoms with Gasteiger partial charge in [-0.1, -0.05) is 25.1 Å². The summed E-state index contributed by atoms with van der Waals surface area (Å²) in [7, 11) is -2.93. The summed E-state index contributed by atoms with van der Waals surface area (Å²) in [6.07, 6.45) is 0.468. The Hall–Kier alpha value is -1.07. The molecule has 0 radical (unpaired) electrons. The summed E-state index contributed by atoms with van der Waals surface area (Å²) in [6, 6.07) is 5.55. The van der Waals surface area contributed by atoms with Crippen LogP contribution in [0.15, 0.2) is 18.2 Å². The van der Waals surface area contributed by atoms with Crippen molar-refractivity contribution >= 4 is 9.84 Å². The monoisotopic (exact) mass is 272 g/mol. The highest BCUT2D eigenvalue weighted by Gasteiger charge is 2.09. The van der Waals surface area contributed by atoms with E-state index in [0.717, 1.165) is 11.1 Å². The Bertz CT molecular complexity index is 480. The van der Waals surface area contributed by atoms with E-state index >= 15 is 0 Å². The normalized spacial score (nSPS) is 11.5. The van der Waals surface area contributed by atoms with E-state index in [2.05, 4.69) is 0 Å². The van der Waals surface area contributed by atoms with Gasteiger partial charge in [0, 0.05) is 11.3 Å². The second-order valence-electron chi connectivity index (χ2n) is 4.16. The number of rotatable bonds is 7. The summed E-state index contributed by atoms with van der Waals surface area (Å²) in [5.74, 6) is 0.970.